The fourth-order valence-corrected chi connectivity index (χ4v) is 0.880. The molecular weight excluding hydrogens is 224 g/mol. The lowest BCUT2D eigenvalue weighted by Crippen LogP contribution is -2.33. The summed E-state index contributed by atoms with van der Waals surface area (Å²) in [4.78, 5) is 23.2. The van der Waals surface area contributed by atoms with E-state index in [4.69, 9.17) is 21.1 Å². The second-order valence-electron chi connectivity index (χ2n) is 2.27. The molecule has 0 aliphatic heterocycles. The van der Waals surface area contributed by atoms with Crippen LogP contribution in [0.1, 0.15) is 9.80 Å². The molecule has 1 aromatic rings. The third-order valence-corrected chi connectivity index (χ3v) is 1.89. The van der Waals surface area contributed by atoms with Crippen LogP contribution in [0.25, 0.3) is 0 Å². The molecule has 8 heteroatoms. The van der Waals surface area contributed by atoms with E-state index < -0.39 is 24.6 Å². The topological polar surface area (TPSA) is 134 Å². The van der Waals surface area contributed by atoms with Gasteiger partial charge in [-0.1, -0.05) is 0 Å². The lowest BCUT2D eigenvalue weighted by molar-refractivity contribution is -0.139. The van der Waals surface area contributed by atoms with Crippen molar-refractivity contribution >= 4 is 23.3 Å². The number of carboxylic acids is 2. The number of aromatic carboxylic acids is 1. The van der Waals surface area contributed by atoms with E-state index in [2.05, 4.69) is 4.98 Å². The molecule has 0 radical (unpaired) electrons. The maximum Gasteiger partial charge on any atom is 0.364 e. The summed E-state index contributed by atoms with van der Waals surface area (Å²) in [6.45, 7) is -0.505. The molecule has 7 nitrogen and oxygen atoms in total. The number of hydrogen-bond donors (Lipinski definition) is 4. The number of rotatable bonds is 3. The van der Waals surface area contributed by atoms with E-state index >= 15 is 0 Å². The molecule has 1 atom stereocenters. The van der Waals surface area contributed by atoms with Gasteiger partial charge in [0.1, 0.15) is 6.04 Å². The van der Waals surface area contributed by atoms with E-state index in [-0.39, 0.29) is 5.01 Å². The maximum atomic E-state index is 10.0. The van der Waals surface area contributed by atoms with Gasteiger partial charge in [0, 0.05) is 11.6 Å². The predicted molar refractivity (Wildman–Crippen MR) is 51.8 cm³/mol. The van der Waals surface area contributed by atoms with Crippen LogP contribution in [-0.2, 0) is 4.79 Å². The molecule has 0 aliphatic carbocycles. The first-order valence-corrected chi connectivity index (χ1v) is 4.59. The average molecular weight is 234 g/mol. The number of aliphatic hydroxyl groups excluding tert-OH is 1. The normalized spacial score (nSPS) is 11.1. The van der Waals surface area contributed by atoms with Gasteiger partial charge in [-0.05, 0) is 0 Å². The van der Waals surface area contributed by atoms with Gasteiger partial charge in [-0.2, -0.15) is 0 Å². The van der Waals surface area contributed by atoms with Crippen LogP contribution in [-0.4, -0.2) is 44.9 Å². The molecular formula is C7H10N2O5S. The molecule has 0 spiro atoms. The molecule has 84 valence electrons. The van der Waals surface area contributed by atoms with E-state index in [1.807, 2.05) is 0 Å². The lowest BCUT2D eigenvalue weighted by atomic mass is 10.3. The largest absolute Gasteiger partial charge is 0.480 e. The molecule has 0 saturated heterocycles. The van der Waals surface area contributed by atoms with Crippen LogP contribution in [0.2, 0.25) is 0 Å². The molecule has 0 amide bonds. The van der Waals surface area contributed by atoms with Crippen molar-refractivity contribution in [2.45, 2.75) is 6.04 Å². The van der Waals surface area contributed by atoms with Crippen molar-refractivity contribution in [2.24, 2.45) is 5.73 Å². The summed E-state index contributed by atoms with van der Waals surface area (Å²) >= 11 is 1.12. The Morgan fingerprint density at radius 3 is 2.27 bits per heavy atom. The van der Waals surface area contributed by atoms with Crippen molar-refractivity contribution in [3.63, 3.8) is 0 Å². The number of aromatic nitrogens is 1. The summed E-state index contributed by atoms with van der Waals surface area (Å²) in [6, 6.07) is -1.13. The van der Waals surface area contributed by atoms with Gasteiger partial charge in [0.05, 0.1) is 6.61 Å². The Labute approximate surface area is 88.8 Å². The zero-order valence-electron chi connectivity index (χ0n) is 7.53. The number of aliphatic carboxylic acids is 1. The zero-order valence-corrected chi connectivity index (χ0v) is 8.35. The van der Waals surface area contributed by atoms with Crippen molar-refractivity contribution in [3.8, 4) is 0 Å². The minimum atomic E-state index is -1.18. The Hall–Kier alpha value is -1.51. The number of hydrogen-bond acceptors (Lipinski definition) is 6. The van der Waals surface area contributed by atoms with Gasteiger partial charge in [0.25, 0.3) is 0 Å². The molecule has 0 saturated carbocycles. The van der Waals surface area contributed by atoms with Gasteiger partial charge in [-0.3, -0.25) is 4.79 Å². The van der Waals surface area contributed by atoms with Crippen molar-refractivity contribution in [1.82, 2.24) is 4.98 Å². The van der Waals surface area contributed by atoms with E-state index in [0.29, 0.717) is 0 Å². The minimum absolute atomic E-state index is 0.144. The summed E-state index contributed by atoms with van der Waals surface area (Å²) in [5.41, 5.74) is 4.77. The number of aliphatic hydroxyl groups is 1. The van der Waals surface area contributed by atoms with Crippen LogP contribution in [0.15, 0.2) is 11.6 Å². The Balaban J connectivity index is 0.000000265. The Morgan fingerprint density at radius 1 is 1.53 bits per heavy atom. The molecule has 1 rings (SSSR count). The summed E-state index contributed by atoms with van der Waals surface area (Å²) in [5.74, 6) is -2.14. The zero-order chi connectivity index (χ0) is 11.8. The van der Waals surface area contributed by atoms with E-state index in [1.165, 1.54) is 6.20 Å². The number of nitrogens with zero attached hydrogens (tertiary/aromatic N) is 1. The van der Waals surface area contributed by atoms with Gasteiger partial charge in [0.2, 0.25) is 5.01 Å². The summed E-state index contributed by atoms with van der Waals surface area (Å²) in [5, 5.41) is 25.9. The first kappa shape index (κ1) is 13.5. The highest BCUT2D eigenvalue weighted by molar-refractivity contribution is 7.11. The van der Waals surface area contributed by atoms with Crippen LogP contribution in [0.5, 0.6) is 0 Å². The van der Waals surface area contributed by atoms with Crippen LogP contribution < -0.4 is 5.73 Å². The highest BCUT2D eigenvalue weighted by Gasteiger charge is 2.07. The highest BCUT2D eigenvalue weighted by atomic mass is 32.1. The van der Waals surface area contributed by atoms with Gasteiger partial charge in [-0.15, -0.1) is 11.3 Å². The van der Waals surface area contributed by atoms with Crippen molar-refractivity contribution in [2.75, 3.05) is 6.61 Å². The number of carbonyl (C=O) groups is 2. The Morgan fingerprint density at radius 2 is 2.13 bits per heavy atom. The van der Waals surface area contributed by atoms with Gasteiger partial charge < -0.3 is 21.1 Å². The van der Waals surface area contributed by atoms with E-state index in [9.17, 15) is 9.59 Å². The van der Waals surface area contributed by atoms with Crippen molar-refractivity contribution < 1.29 is 24.9 Å². The third-order valence-electron chi connectivity index (χ3n) is 1.13. The highest BCUT2D eigenvalue weighted by Crippen LogP contribution is 2.01. The number of carboxylic acid groups (broad SMARTS) is 2. The quantitative estimate of drug-likeness (QED) is 0.539. The molecule has 1 heterocycles. The molecule has 15 heavy (non-hydrogen) atoms. The monoisotopic (exact) mass is 234 g/mol. The van der Waals surface area contributed by atoms with Crippen LogP contribution in [0, 0.1) is 0 Å². The van der Waals surface area contributed by atoms with Crippen molar-refractivity contribution in [1.29, 1.82) is 0 Å². The molecule has 1 aromatic heterocycles. The average Bonchev–Trinajstić information content (AvgIpc) is 2.70. The summed E-state index contributed by atoms with van der Waals surface area (Å²) < 4.78 is 0. The molecule has 0 bridgehead atoms. The summed E-state index contributed by atoms with van der Waals surface area (Å²) in [7, 11) is 0. The minimum Gasteiger partial charge on any atom is -0.480 e. The second-order valence-corrected chi connectivity index (χ2v) is 3.16. The molecule has 0 aliphatic rings. The fourth-order valence-electron chi connectivity index (χ4n) is 0.407. The standard InChI is InChI=1S/C4H3NO2S.C3H7NO3/c6-4(7)3-5-1-2-8-3;4-2(1-5)3(6)7/h1-2H,(H,6,7);2,5H,1,4H2,(H,6,7). The summed E-state index contributed by atoms with van der Waals surface area (Å²) in [6.07, 6.45) is 1.47. The predicted octanol–water partition coefficient (Wildman–Crippen LogP) is -0.768. The maximum absolute atomic E-state index is 10.0. The number of nitrogens with two attached hydrogens (primary N) is 1. The SMILES string of the molecule is NC(CO)C(=O)O.O=C(O)c1nccs1. The fraction of sp³-hybridized carbons (Fsp3) is 0.286. The molecule has 0 fully saturated rings. The lowest BCUT2D eigenvalue weighted by Gasteiger charge is -1.96. The third kappa shape index (κ3) is 5.73. The first-order valence-electron chi connectivity index (χ1n) is 3.71. The Kier molecular flexibility index (Phi) is 6.18. The van der Waals surface area contributed by atoms with E-state index in [0.717, 1.165) is 11.3 Å². The van der Waals surface area contributed by atoms with E-state index in [1.54, 1.807) is 5.38 Å². The van der Waals surface area contributed by atoms with Crippen LogP contribution in [0.3, 0.4) is 0 Å². The van der Waals surface area contributed by atoms with Gasteiger partial charge in [-0.25, -0.2) is 9.78 Å². The van der Waals surface area contributed by atoms with Crippen LogP contribution in [0.4, 0.5) is 0 Å². The second kappa shape index (κ2) is 6.87. The smallest absolute Gasteiger partial charge is 0.364 e. The molecule has 5 N–H and O–H groups in total. The number of thiazole rings is 1. The molecule has 1 unspecified atom stereocenters. The molecule has 0 aromatic carbocycles. The first-order chi connectivity index (χ1) is 6.99. The van der Waals surface area contributed by atoms with Crippen LogP contribution >= 0.6 is 11.3 Å². The van der Waals surface area contributed by atoms with Crippen molar-refractivity contribution in [3.05, 3.63) is 16.6 Å². The Bertz CT molecular complexity index is 313. The van der Waals surface area contributed by atoms with Gasteiger partial charge in [0.15, 0.2) is 0 Å². The van der Waals surface area contributed by atoms with Gasteiger partial charge >= 0.3 is 11.9 Å².